The first-order valence-electron chi connectivity index (χ1n) is 10.0. The number of urea groups is 1. The van der Waals surface area contributed by atoms with Crippen molar-refractivity contribution in [2.75, 3.05) is 13.2 Å². The molecular formula is C23H26N2O4. The highest BCUT2D eigenvalue weighted by molar-refractivity contribution is 6.07. The SMILES string of the molecule is CC(C)c1ccc(CN2C(=O)NC(C)(c3ccc4c(c3)OCCCO4)C2=O)cc1. The van der Waals surface area contributed by atoms with Gasteiger partial charge >= 0.3 is 6.03 Å². The third kappa shape index (κ3) is 3.55. The summed E-state index contributed by atoms with van der Waals surface area (Å²) in [5, 5.41) is 2.86. The largest absolute Gasteiger partial charge is 0.490 e. The molecule has 2 aliphatic heterocycles. The standard InChI is InChI=1S/C23H26N2O4/c1-15(2)17-7-5-16(6-8-17)14-25-21(26)23(3,24-22(25)27)18-9-10-19-20(13-18)29-12-4-11-28-19/h5-10,13,15H,4,11-12,14H2,1-3H3,(H,24,27). The van der Waals surface area contributed by atoms with Gasteiger partial charge in [-0.2, -0.15) is 0 Å². The highest BCUT2D eigenvalue weighted by Crippen LogP contribution is 2.37. The van der Waals surface area contributed by atoms with Gasteiger partial charge in [0.15, 0.2) is 11.5 Å². The second-order valence-corrected chi connectivity index (χ2v) is 8.05. The van der Waals surface area contributed by atoms with Crippen LogP contribution in [0.5, 0.6) is 11.5 Å². The van der Waals surface area contributed by atoms with E-state index in [9.17, 15) is 9.59 Å². The van der Waals surface area contributed by atoms with Gasteiger partial charge in [0.05, 0.1) is 19.8 Å². The van der Waals surface area contributed by atoms with E-state index in [-0.39, 0.29) is 12.5 Å². The lowest BCUT2D eigenvalue weighted by molar-refractivity contribution is -0.131. The molecule has 6 nitrogen and oxygen atoms in total. The first-order valence-corrected chi connectivity index (χ1v) is 10.0. The minimum absolute atomic E-state index is 0.239. The second kappa shape index (κ2) is 7.43. The van der Waals surface area contributed by atoms with Crippen molar-refractivity contribution in [1.29, 1.82) is 0 Å². The summed E-state index contributed by atoms with van der Waals surface area (Å²) < 4.78 is 11.4. The summed E-state index contributed by atoms with van der Waals surface area (Å²) >= 11 is 0. The Labute approximate surface area is 170 Å². The lowest BCUT2D eigenvalue weighted by Gasteiger charge is -2.23. The summed E-state index contributed by atoms with van der Waals surface area (Å²) in [6, 6.07) is 13.0. The van der Waals surface area contributed by atoms with Crippen molar-refractivity contribution >= 4 is 11.9 Å². The Morgan fingerprint density at radius 2 is 1.72 bits per heavy atom. The molecule has 1 N–H and O–H groups in total. The van der Waals surface area contributed by atoms with E-state index in [1.807, 2.05) is 30.3 Å². The number of rotatable bonds is 4. The van der Waals surface area contributed by atoms with Crippen LogP contribution in [-0.4, -0.2) is 30.1 Å². The van der Waals surface area contributed by atoms with Crippen LogP contribution in [-0.2, 0) is 16.9 Å². The number of benzene rings is 2. The minimum Gasteiger partial charge on any atom is -0.490 e. The van der Waals surface area contributed by atoms with E-state index in [0.717, 1.165) is 12.0 Å². The van der Waals surface area contributed by atoms with Crippen LogP contribution < -0.4 is 14.8 Å². The molecule has 0 aromatic heterocycles. The van der Waals surface area contributed by atoms with Gasteiger partial charge in [0, 0.05) is 6.42 Å². The molecule has 3 amide bonds. The van der Waals surface area contributed by atoms with Crippen molar-refractivity contribution in [3.05, 3.63) is 59.2 Å². The number of fused-ring (bicyclic) bond motifs is 1. The zero-order valence-electron chi connectivity index (χ0n) is 17.0. The molecule has 0 radical (unpaired) electrons. The van der Waals surface area contributed by atoms with E-state index in [2.05, 4.69) is 19.2 Å². The number of imide groups is 1. The average Bonchev–Trinajstić information content (AvgIpc) is 2.87. The number of amides is 3. The number of carbonyl (C=O) groups excluding carboxylic acids is 2. The molecule has 0 bridgehead atoms. The number of hydrogen-bond acceptors (Lipinski definition) is 4. The van der Waals surface area contributed by atoms with Crippen LogP contribution in [0.25, 0.3) is 0 Å². The van der Waals surface area contributed by atoms with E-state index in [4.69, 9.17) is 9.47 Å². The Morgan fingerprint density at radius 1 is 1.03 bits per heavy atom. The molecule has 1 fully saturated rings. The Hall–Kier alpha value is -3.02. The summed E-state index contributed by atoms with van der Waals surface area (Å²) in [5.41, 5.74) is 1.68. The van der Waals surface area contributed by atoms with Crippen molar-refractivity contribution in [3.8, 4) is 11.5 Å². The molecule has 2 aromatic rings. The maximum absolute atomic E-state index is 13.2. The van der Waals surface area contributed by atoms with Gasteiger partial charge in [0.2, 0.25) is 0 Å². The van der Waals surface area contributed by atoms with Crippen LogP contribution in [0.2, 0.25) is 0 Å². The predicted octanol–water partition coefficient (Wildman–Crippen LogP) is 3.94. The lowest BCUT2D eigenvalue weighted by Crippen LogP contribution is -2.40. The topological polar surface area (TPSA) is 67.9 Å². The smallest absolute Gasteiger partial charge is 0.325 e. The number of nitrogens with zero attached hydrogens (tertiary/aromatic N) is 1. The number of ether oxygens (including phenoxy) is 2. The van der Waals surface area contributed by atoms with Gasteiger partial charge in [-0.1, -0.05) is 44.2 Å². The van der Waals surface area contributed by atoms with Crippen molar-refractivity contribution in [2.24, 2.45) is 0 Å². The lowest BCUT2D eigenvalue weighted by atomic mass is 9.91. The van der Waals surface area contributed by atoms with Crippen molar-refractivity contribution in [2.45, 2.75) is 45.2 Å². The van der Waals surface area contributed by atoms with Gasteiger partial charge in [-0.25, -0.2) is 4.79 Å². The molecule has 1 atom stereocenters. The minimum atomic E-state index is -1.14. The fourth-order valence-corrected chi connectivity index (χ4v) is 3.70. The highest BCUT2D eigenvalue weighted by Gasteiger charge is 2.49. The van der Waals surface area contributed by atoms with Crippen LogP contribution >= 0.6 is 0 Å². The van der Waals surface area contributed by atoms with Crippen molar-refractivity contribution in [3.63, 3.8) is 0 Å². The Bertz CT molecular complexity index is 938. The quantitative estimate of drug-likeness (QED) is 0.798. The normalized spacial score (nSPS) is 21.3. The molecule has 0 saturated carbocycles. The first-order chi connectivity index (χ1) is 13.9. The molecule has 1 saturated heterocycles. The van der Waals surface area contributed by atoms with E-state index in [1.54, 1.807) is 19.1 Å². The maximum Gasteiger partial charge on any atom is 0.325 e. The average molecular weight is 394 g/mol. The van der Waals surface area contributed by atoms with Crippen LogP contribution in [0.4, 0.5) is 4.79 Å². The summed E-state index contributed by atoms with van der Waals surface area (Å²) in [6.07, 6.45) is 0.806. The molecule has 152 valence electrons. The van der Waals surface area contributed by atoms with E-state index in [0.29, 0.717) is 36.2 Å². The fraction of sp³-hybridized carbons (Fsp3) is 0.391. The molecule has 0 aliphatic carbocycles. The van der Waals surface area contributed by atoms with E-state index >= 15 is 0 Å². The molecule has 1 unspecified atom stereocenters. The summed E-state index contributed by atoms with van der Waals surface area (Å²) in [6.45, 7) is 7.40. The van der Waals surface area contributed by atoms with Crippen LogP contribution in [0.3, 0.4) is 0 Å². The monoisotopic (exact) mass is 394 g/mol. The molecule has 2 heterocycles. The Kier molecular flexibility index (Phi) is 4.94. The third-order valence-corrected chi connectivity index (χ3v) is 5.59. The molecule has 0 spiro atoms. The Balaban J connectivity index is 1.57. The molecule has 29 heavy (non-hydrogen) atoms. The fourth-order valence-electron chi connectivity index (χ4n) is 3.70. The van der Waals surface area contributed by atoms with Crippen LogP contribution in [0.1, 0.15) is 49.8 Å². The summed E-state index contributed by atoms with van der Waals surface area (Å²) in [5.74, 6) is 1.42. The highest BCUT2D eigenvalue weighted by atomic mass is 16.5. The van der Waals surface area contributed by atoms with Crippen molar-refractivity contribution < 1.29 is 19.1 Å². The Morgan fingerprint density at radius 3 is 2.41 bits per heavy atom. The second-order valence-electron chi connectivity index (χ2n) is 8.05. The van der Waals surface area contributed by atoms with E-state index in [1.165, 1.54) is 10.5 Å². The van der Waals surface area contributed by atoms with Gasteiger partial charge < -0.3 is 14.8 Å². The first kappa shape index (κ1) is 19.3. The number of hydrogen-bond donors (Lipinski definition) is 1. The van der Waals surface area contributed by atoms with Gasteiger partial charge in [0.1, 0.15) is 5.54 Å². The van der Waals surface area contributed by atoms with Crippen molar-refractivity contribution in [1.82, 2.24) is 10.2 Å². The van der Waals surface area contributed by atoms with Gasteiger partial charge in [-0.05, 0) is 41.7 Å². The summed E-state index contributed by atoms with van der Waals surface area (Å²) in [4.78, 5) is 27.1. The van der Waals surface area contributed by atoms with Gasteiger partial charge in [0.25, 0.3) is 5.91 Å². The molecule has 4 rings (SSSR count). The van der Waals surface area contributed by atoms with Crippen LogP contribution in [0, 0.1) is 0 Å². The van der Waals surface area contributed by atoms with E-state index < -0.39 is 11.6 Å². The molecule has 2 aliphatic rings. The zero-order chi connectivity index (χ0) is 20.6. The number of carbonyl (C=O) groups is 2. The summed E-state index contributed by atoms with van der Waals surface area (Å²) in [7, 11) is 0. The zero-order valence-corrected chi connectivity index (χ0v) is 17.0. The molecule has 6 heteroatoms. The third-order valence-electron chi connectivity index (χ3n) is 5.59. The van der Waals surface area contributed by atoms with Gasteiger partial charge in [-0.15, -0.1) is 0 Å². The predicted molar refractivity (Wildman–Crippen MR) is 109 cm³/mol. The number of nitrogens with one attached hydrogen (secondary N) is 1. The van der Waals surface area contributed by atoms with Gasteiger partial charge in [-0.3, -0.25) is 9.69 Å². The molecule has 2 aromatic carbocycles. The maximum atomic E-state index is 13.2. The van der Waals surface area contributed by atoms with Crippen LogP contribution in [0.15, 0.2) is 42.5 Å². The molecular weight excluding hydrogens is 368 g/mol.